The van der Waals surface area contributed by atoms with E-state index in [0.717, 1.165) is 22.4 Å². The molecule has 3 aromatic rings. The molecule has 0 spiro atoms. The summed E-state index contributed by atoms with van der Waals surface area (Å²) in [5.41, 5.74) is 5.71. The van der Waals surface area contributed by atoms with E-state index < -0.39 is 0 Å². The Balaban J connectivity index is 1.95. The van der Waals surface area contributed by atoms with Crippen LogP contribution in [0.15, 0.2) is 78.9 Å². The van der Waals surface area contributed by atoms with E-state index in [1.165, 1.54) is 5.56 Å². The molecule has 0 radical (unpaired) electrons. The molecule has 0 atom stereocenters. The van der Waals surface area contributed by atoms with Crippen LogP contribution in [-0.4, -0.2) is 5.91 Å². The summed E-state index contributed by atoms with van der Waals surface area (Å²) in [6.07, 6.45) is 1.92. The van der Waals surface area contributed by atoms with Crippen molar-refractivity contribution in [3.63, 3.8) is 0 Å². The first-order valence-corrected chi connectivity index (χ1v) is 8.34. The van der Waals surface area contributed by atoms with Crippen LogP contribution in [0, 0.1) is 13.8 Å². The number of anilines is 1. The summed E-state index contributed by atoms with van der Waals surface area (Å²) >= 11 is 0. The molecule has 2 nitrogen and oxygen atoms in total. The SMILES string of the molecule is Cc1ccc(NC(=O)/C(=C/c2ccccc2)c2ccccc2)cc1C. The second-order valence-electron chi connectivity index (χ2n) is 6.09. The molecular formula is C23H21NO. The molecule has 0 fully saturated rings. The van der Waals surface area contributed by atoms with Crippen molar-refractivity contribution in [2.45, 2.75) is 13.8 Å². The number of amides is 1. The number of carbonyl (C=O) groups excluding carboxylic acids is 1. The minimum atomic E-state index is -0.113. The summed E-state index contributed by atoms with van der Waals surface area (Å²) in [6.45, 7) is 4.11. The maximum Gasteiger partial charge on any atom is 0.256 e. The summed E-state index contributed by atoms with van der Waals surface area (Å²) in [4.78, 5) is 12.9. The Morgan fingerprint density at radius 1 is 0.800 bits per heavy atom. The Morgan fingerprint density at radius 3 is 2.08 bits per heavy atom. The Morgan fingerprint density at radius 2 is 1.44 bits per heavy atom. The number of benzene rings is 3. The van der Waals surface area contributed by atoms with Crippen LogP contribution in [0.1, 0.15) is 22.3 Å². The minimum absolute atomic E-state index is 0.113. The highest BCUT2D eigenvalue weighted by atomic mass is 16.1. The third kappa shape index (κ3) is 4.24. The molecule has 1 N–H and O–H groups in total. The standard InChI is InChI=1S/C23H21NO/c1-17-13-14-21(15-18(17)2)24-23(25)22(20-11-7-4-8-12-20)16-19-9-5-3-6-10-19/h3-16H,1-2H3,(H,24,25)/b22-16+. The van der Waals surface area contributed by atoms with E-state index in [2.05, 4.69) is 12.2 Å². The van der Waals surface area contributed by atoms with Crippen molar-refractivity contribution in [1.29, 1.82) is 0 Å². The van der Waals surface area contributed by atoms with Gasteiger partial charge in [0.2, 0.25) is 0 Å². The van der Waals surface area contributed by atoms with Gasteiger partial charge in [0.15, 0.2) is 0 Å². The Labute approximate surface area is 148 Å². The monoisotopic (exact) mass is 327 g/mol. The number of rotatable bonds is 4. The van der Waals surface area contributed by atoms with Gasteiger partial charge in [-0.25, -0.2) is 0 Å². The molecule has 3 rings (SSSR count). The van der Waals surface area contributed by atoms with E-state index in [9.17, 15) is 4.79 Å². The molecule has 124 valence electrons. The number of carbonyl (C=O) groups is 1. The fourth-order valence-corrected chi connectivity index (χ4v) is 2.63. The van der Waals surface area contributed by atoms with Crippen LogP contribution in [0.4, 0.5) is 5.69 Å². The predicted molar refractivity (Wildman–Crippen MR) is 105 cm³/mol. The number of hydrogen-bond acceptors (Lipinski definition) is 1. The first-order valence-electron chi connectivity index (χ1n) is 8.34. The van der Waals surface area contributed by atoms with Crippen molar-refractivity contribution < 1.29 is 4.79 Å². The molecule has 0 unspecified atom stereocenters. The van der Waals surface area contributed by atoms with Gasteiger partial charge in [0.05, 0.1) is 0 Å². The highest BCUT2D eigenvalue weighted by Gasteiger charge is 2.12. The molecule has 0 saturated heterocycles. The van der Waals surface area contributed by atoms with E-state index in [4.69, 9.17) is 0 Å². The van der Waals surface area contributed by atoms with Gasteiger partial charge in [-0.3, -0.25) is 4.79 Å². The summed E-state index contributed by atoms with van der Waals surface area (Å²) < 4.78 is 0. The lowest BCUT2D eigenvalue weighted by molar-refractivity contribution is -0.111. The summed E-state index contributed by atoms with van der Waals surface area (Å²) in [6, 6.07) is 25.6. The highest BCUT2D eigenvalue weighted by molar-refractivity contribution is 6.29. The van der Waals surface area contributed by atoms with Gasteiger partial charge in [-0.2, -0.15) is 0 Å². The summed E-state index contributed by atoms with van der Waals surface area (Å²) in [7, 11) is 0. The molecule has 0 aliphatic heterocycles. The summed E-state index contributed by atoms with van der Waals surface area (Å²) in [5.74, 6) is -0.113. The average molecular weight is 327 g/mol. The van der Waals surface area contributed by atoms with Crippen LogP contribution in [0.2, 0.25) is 0 Å². The Bertz CT molecular complexity index is 896. The van der Waals surface area contributed by atoms with Gasteiger partial charge in [0.25, 0.3) is 5.91 Å². The second-order valence-corrected chi connectivity index (χ2v) is 6.09. The zero-order chi connectivity index (χ0) is 17.6. The second kappa shape index (κ2) is 7.63. The topological polar surface area (TPSA) is 29.1 Å². The van der Waals surface area contributed by atoms with Crippen LogP contribution >= 0.6 is 0 Å². The molecule has 1 amide bonds. The van der Waals surface area contributed by atoms with Crippen molar-refractivity contribution in [3.05, 3.63) is 101 Å². The van der Waals surface area contributed by atoms with Crippen LogP contribution < -0.4 is 5.32 Å². The highest BCUT2D eigenvalue weighted by Crippen LogP contribution is 2.21. The largest absolute Gasteiger partial charge is 0.322 e. The lowest BCUT2D eigenvalue weighted by Crippen LogP contribution is -2.13. The van der Waals surface area contributed by atoms with Crippen molar-refractivity contribution in [2.75, 3.05) is 5.32 Å². The third-order valence-corrected chi connectivity index (χ3v) is 4.20. The van der Waals surface area contributed by atoms with Crippen molar-refractivity contribution >= 4 is 23.2 Å². The molecule has 25 heavy (non-hydrogen) atoms. The van der Waals surface area contributed by atoms with Crippen LogP contribution in [0.25, 0.3) is 11.6 Å². The number of aryl methyl sites for hydroxylation is 2. The van der Waals surface area contributed by atoms with Gasteiger partial charge in [-0.1, -0.05) is 66.7 Å². The van der Waals surface area contributed by atoms with E-state index >= 15 is 0 Å². The molecule has 3 aromatic carbocycles. The lowest BCUT2D eigenvalue weighted by Gasteiger charge is -2.11. The summed E-state index contributed by atoms with van der Waals surface area (Å²) in [5, 5.41) is 3.02. The third-order valence-electron chi connectivity index (χ3n) is 4.20. The van der Waals surface area contributed by atoms with Crippen LogP contribution in [-0.2, 0) is 4.79 Å². The molecule has 0 aliphatic rings. The van der Waals surface area contributed by atoms with Crippen LogP contribution in [0.5, 0.6) is 0 Å². The molecule has 0 saturated carbocycles. The molecular weight excluding hydrogens is 306 g/mol. The van der Waals surface area contributed by atoms with E-state index in [0.29, 0.717) is 5.57 Å². The molecule has 0 bridgehead atoms. The Kier molecular flexibility index (Phi) is 5.10. The average Bonchev–Trinajstić information content (AvgIpc) is 2.64. The lowest BCUT2D eigenvalue weighted by atomic mass is 10.0. The maximum atomic E-state index is 12.9. The molecule has 2 heteroatoms. The fourth-order valence-electron chi connectivity index (χ4n) is 2.63. The van der Waals surface area contributed by atoms with Gasteiger partial charge < -0.3 is 5.32 Å². The number of hydrogen-bond donors (Lipinski definition) is 1. The van der Waals surface area contributed by atoms with E-state index in [1.807, 2.05) is 91.9 Å². The van der Waals surface area contributed by atoms with Gasteiger partial charge in [-0.15, -0.1) is 0 Å². The van der Waals surface area contributed by atoms with Gasteiger partial charge in [0.1, 0.15) is 0 Å². The Hall–Kier alpha value is -3.13. The fraction of sp³-hybridized carbons (Fsp3) is 0.0870. The smallest absolute Gasteiger partial charge is 0.256 e. The quantitative estimate of drug-likeness (QED) is 0.499. The molecule has 0 aromatic heterocycles. The first kappa shape index (κ1) is 16.7. The van der Waals surface area contributed by atoms with Crippen molar-refractivity contribution in [3.8, 4) is 0 Å². The minimum Gasteiger partial charge on any atom is -0.322 e. The zero-order valence-corrected chi connectivity index (χ0v) is 14.5. The zero-order valence-electron chi connectivity index (χ0n) is 14.5. The van der Waals surface area contributed by atoms with E-state index in [-0.39, 0.29) is 5.91 Å². The van der Waals surface area contributed by atoms with Gasteiger partial charge in [-0.05, 0) is 54.3 Å². The van der Waals surface area contributed by atoms with E-state index in [1.54, 1.807) is 0 Å². The molecule has 0 heterocycles. The normalized spacial score (nSPS) is 11.2. The van der Waals surface area contributed by atoms with Crippen molar-refractivity contribution in [1.82, 2.24) is 0 Å². The van der Waals surface area contributed by atoms with Crippen molar-refractivity contribution in [2.24, 2.45) is 0 Å². The predicted octanol–water partition coefficient (Wildman–Crippen LogP) is 5.48. The first-order chi connectivity index (χ1) is 12.1. The van der Waals surface area contributed by atoms with Gasteiger partial charge in [0, 0.05) is 11.3 Å². The molecule has 0 aliphatic carbocycles. The van der Waals surface area contributed by atoms with Gasteiger partial charge >= 0.3 is 0 Å². The number of nitrogens with one attached hydrogen (secondary N) is 1. The maximum absolute atomic E-state index is 12.9. The van der Waals surface area contributed by atoms with Crippen LogP contribution in [0.3, 0.4) is 0 Å².